The van der Waals surface area contributed by atoms with E-state index in [1.54, 1.807) is 19.2 Å². The van der Waals surface area contributed by atoms with Crippen LogP contribution in [0.2, 0.25) is 0 Å². The molecule has 1 aliphatic heterocycles. The molecule has 0 bridgehead atoms. The van der Waals surface area contributed by atoms with E-state index in [1.165, 1.54) is 0 Å². The normalized spacial score (nSPS) is 15.1. The molecule has 1 aliphatic rings. The maximum atomic E-state index is 12.5. The predicted molar refractivity (Wildman–Crippen MR) is 88.9 cm³/mol. The average Bonchev–Trinajstić information content (AvgIpc) is 2.67. The number of hydrogen-bond donors (Lipinski definition) is 0. The Morgan fingerprint density at radius 1 is 1.08 bits per heavy atom. The van der Waals surface area contributed by atoms with E-state index in [0.29, 0.717) is 17.3 Å². The Morgan fingerprint density at radius 3 is 2.38 bits per heavy atom. The minimum absolute atomic E-state index is 0.00232. The van der Waals surface area contributed by atoms with E-state index in [1.807, 2.05) is 29.2 Å². The molecule has 0 aliphatic carbocycles. The van der Waals surface area contributed by atoms with Crippen LogP contribution in [0.1, 0.15) is 0 Å². The fourth-order valence-corrected chi connectivity index (χ4v) is 2.75. The molecule has 6 nitrogen and oxygen atoms in total. The van der Waals surface area contributed by atoms with Crippen LogP contribution in [0.5, 0.6) is 5.75 Å². The van der Waals surface area contributed by atoms with Crippen molar-refractivity contribution in [1.82, 2.24) is 15.1 Å². The highest BCUT2D eigenvalue weighted by molar-refractivity contribution is 5.82. The molecule has 1 amide bonds. The second-order valence-corrected chi connectivity index (χ2v) is 5.79. The summed E-state index contributed by atoms with van der Waals surface area (Å²) in [6.07, 6.45) is -4.83. The quantitative estimate of drug-likeness (QED) is 0.835. The number of halogens is 3. The van der Waals surface area contributed by atoms with E-state index >= 15 is 0 Å². The van der Waals surface area contributed by atoms with Crippen molar-refractivity contribution in [3.8, 4) is 17.0 Å². The van der Waals surface area contributed by atoms with Gasteiger partial charge in [0.05, 0.1) is 12.8 Å². The van der Waals surface area contributed by atoms with Crippen molar-refractivity contribution < 1.29 is 22.7 Å². The number of carbonyl (C=O) groups is 1. The van der Waals surface area contributed by atoms with Crippen LogP contribution < -0.4 is 9.64 Å². The van der Waals surface area contributed by atoms with Gasteiger partial charge in [-0.3, -0.25) is 4.79 Å². The molecule has 0 N–H and O–H groups in total. The number of piperazine rings is 1. The molecular weight excluding hydrogens is 349 g/mol. The first kappa shape index (κ1) is 18.0. The number of amides is 1. The van der Waals surface area contributed by atoms with Crippen LogP contribution in [0.15, 0.2) is 36.4 Å². The van der Waals surface area contributed by atoms with E-state index < -0.39 is 12.1 Å². The number of aromatic nitrogens is 2. The van der Waals surface area contributed by atoms with Gasteiger partial charge >= 0.3 is 12.1 Å². The van der Waals surface area contributed by atoms with Crippen molar-refractivity contribution in [2.45, 2.75) is 6.18 Å². The first-order valence-electron chi connectivity index (χ1n) is 7.97. The summed E-state index contributed by atoms with van der Waals surface area (Å²) in [5.74, 6) is -0.522. The second kappa shape index (κ2) is 7.19. The number of nitrogens with zero attached hydrogens (tertiary/aromatic N) is 4. The van der Waals surface area contributed by atoms with Crippen LogP contribution in [0.4, 0.5) is 19.0 Å². The summed E-state index contributed by atoms with van der Waals surface area (Å²) < 4.78 is 42.6. The third-order valence-electron chi connectivity index (χ3n) is 4.15. The van der Waals surface area contributed by atoms with Crippen molar-refractivity contribution in [1.29, 1.82) is 0 Å². The molecule has 26 heavy (non-hydrogen) atoms. The van der Waals surface area contributed by atoms with Crippen LogP contribution >= 0.6 is 0 Å². The van der Waals surface area contributed by atoms with Gasteiger partial charge in [0.25, 0.3) is 0 Å². The number of ether oxygens (including phenoxy) is 1. The molecule has 0 spiro atoms. The first-order valence-corrected chi connectivity index (χ1v) is 7.97. The van der Waals surface area contributed by atoms with E-state index in [-0.39, 0.29) is 26.2 Å². The van der Waals surface area contributed by atoms with Gasteiger partial charge in [0.2, 0.25) is 0 Å². The molecule has 138 valence electrons. The zero-order valence-corrected chi connectivity index (χ0v) is 14.0. The lowest BCUT2D eigenvalue weighted by Gasteiger charge is -2.35. The van der Waals surface area contributed by atoms with Gasteiger partial charge in [0, 0.05) is 31.7 Å². The fourth-order valence-electron chi connectivity index (χ4n) is 2.75. The zero-order chi connectivity index (χ0) is 18.7. The molecule has 3 rings (SSSR count). The molecule has 0 saturated carbocycles. The van der Waals surface area contributed by atoms with Crippen molar-refractivity contribution in [2.75, 3.05) is 38.2 Å². The second-order valence-electron chi connectivity index (χ2n) is 5.79. The Bertz CT molecular complexity index is 772. The van der Waals surface area contributed by atoms with Gasteiger partial charge in [-0.15, -0.1) is 10.2 Å². The third kappa shape index (κ3) is 3.87. The molecule has 2 aromatic rings. The van der Waals surface area contributed by atoms with Crippen LogP contribution in [0, 0.1) is 0 Å². The summed E-state index contributed by atoms with van der Waals surface area (Å²) >= 11 is 0. The highest BCUT2D eigenvalue weighted by Gasteiger charge is 2.43. The number of anilines is 1. The molecule has 0 radical (unpaired) electrons. The number of benzene rings is 1. The van der Waals surface area contributed by atoms with E-state index in [9.17, 15) is 18.0 Å². The molecule has 0 unspecified atom stereocenters. The minimum Gasteiger partial charge on any atom is -0.497 e. The highest BCUT2D eigenvalue weighted by atomic mass is 19.4. The van der Waals surface area contributed by atoms with E-state index in [2.05, 4.69) is 10.2 Å². The SMILES string of the molecule is COc1cccc(-c2ccc(N3CCN(C(=O)C(F)(F)F)CC3)nn2)c1. The van der Waals surface area contributed by atoms with Crippen LogP contribution in [-0.4, -0.2) is 60.5 Å². The number of alkyl halides is 3. The summed E-state index contributed by atoms with van der Waals surface area (Å²) in [6.45, 7) is 0.541. The Kier molecular flexibility index (Phi) is 4.97. The van der Waals surface area contributed by atoms with Crippen molar-refractivity contribution >= 4 is 11.7 Å². The molecule has 1 saturated heterocycles. The Hall–Kier alpha value is -2.84. The van der Waals surface area contributed by atoms with Gasteiger partial charge in [-0.1, -0.05) is 12.1 Å². The van der Waals surface area contributed by atoms with Crippen LogP contribution in [-0.2, 0) is 4.79 Å². The molecular formula is C17H17F3N4O2. The number of carbonyl (C=O) groups excluding carboxylic acids is 1. The molecule has 9 heteroatoms. The standard InChI is InChI=1S/C17H17F3N4O2/c1-26-13-4-2-3-12(11-13)14-5-6-15(22-21-14)23-7-9-24(10-8-23)16(25)17(18,19)20/h2-6,11H,7-10H2,1H3. The van der Waals surface area contributed by atoms with Crippen LogP contribution in [0.25, 0.3) is 11.3 Å². The molecule has 1 aromatic carbocycles. The molecule has 1 fully saturated rings. The summed E-state index contributed by atoms with van der Waals surface area (Å²) in [5.41, 5.74) is 1.52. The van der Waals surface area contributed by atoms with E-state index in [4.69, 9.17) is 4.74 Å². The summed E-state index contributed by atoms with van der Waals surface area (Å²) in [4.78, 5) is 13.9. The fraction of sp³-hybridized carbons (Fsp3) is 0.353. The smallest absolute Gasteiger partial charge is 0.471 e. The van der Waals surface area contributed by atoms with Crippen molar-refractivity contribution in [2.24, 2.45) is 0 Å². The monoisotopic (exact) mass is 366 g/mol. The van der Waals surface area contributed by atoms with Crippen LogP contribution in [0.3, 0.4) is 0 Å². The lowest BCUT2D eigenvalue weighted by molar-refractivity contribution is -0.185. The predicted octanol–water partition coefficient (Wildman–Crippen LogP) is 2.36. The largest absolute Gasteiger partial charge is 0.497 e. The molecule has 0 atom stereocenters. The average molecular weight is 366 g/mol. The summed E-state index contributed by atoms with van der Waals surface area (Å²) in [6, 6.07) is 11.0. The van der Waals surface area contributed by atoms with Gasteiger partial charge in [0.1, 0.15) is 5.75 Å². The maximum absolute atomic E-state index is 12.5. The van der Waals surface area contributed by atoms with Crippen molar-refractivity contribution in [3.05, 3.63) is 36.4 Å². The lowest BCUT2D eigenvalue weighted by atomic mass is 10.1. The van der Waals surface area contributed by atoms with Gasteiger partial charge in [-0.05, 0) is 24.3 Å². The minimum atomic E-state index is -4.83. The first-order chi connectivity index (χ1) is 12.4. The number of methoxy groups -OCH3 is 1. The van der Waals surface area contributed by atoms with E-state index in [0.717, 1.165) is 10.5 Å². The highest BCUT2D eigenvalue weighted by Crippen LogP contribution is 2.24. The van der Waals surface area contributed by atoms with Crippen molar-refractivity contribution in [3.63, 3.8) is 0 Å². The molecule has 1 aromatic heterocycles. The summed E-state index contributed by atoms with van der Waals surface area (Å²) in [7, 11) is 1.58. The summed E-state index contributed by atoms with van der Waals surface area (Å²) in [5, 5.41) is 8.35. The number of rotatable bonds is 3. The molecule has 2 heterocycles. The topological polar surface area (TPSA) is 58.6 Å². The van der Waals surface area contributed by atoms with Gasteiger partial charge in [-0.2, -0.15) is 13.2 Å². The number of hydrogen-bond acceptors (Lipinski definition) is 5. The Labute approximate surface area is 148 Å². The Balaban J connectivity index is 1.66. The maximum Gasteiger partial charge on any atom is 0.471 e. The Morgan fingerprint density at radius 2 is 1.81 bits per heavy atom. The lowest BCUT2D eigenvalue weighted by Crippen LogP contribution is -2.52. The van der Waals surface area contributed by atoms with Gasteiger partial charge < -0.3 is 14.5 Å². The zero-order valence-electron chi connectivity index (χ0n) is 14.0. The van der Waals surface area contributed by atoms with Gasteiger partial charge in [0.15, 0.2) is 5.82 Å². The third-order valence-corrected chi connectivity index (χ3v) is 4.15. The van der Waals surface area contributed by atoms with Gasteiger partial charge in [-0.25, -0.2) is 0 Å².